The number of halogens is 1. The number of rotatable bonds is 5. The monoisotopic (exact) mass is 269 g/mol. The summed E-state index contributed by atoms with van der Waals surface area (Å²) in [7, 11) is 3.12. The largest absolute Gasteiger partial charge is 0.496 e. The van der Waals surface area contributed by atoms with Gasteiger partial charge < -0.3 is 9.84 Å². The summed E-state index contributed by atoms with van der Waals surface area (Å²) >= 11 is 0. The quantitative estimate of drug-likeness (QED) is 0.893. The van der Waals surface area contributed by atoms with Crippen LogP contribution in [0.1, 0.15) is 32.4 Å². The van der Waals surface area contributed by atoms with Gasteiger partial charge in [0.05, 0.1) is 7.11 Å². The van der Waals surface area contributed by atoms with Crippen LogP contribution in [-0.4, -0.2) is 35.7 Å². The van der Waals surface area contributed by atoms with Crippen molar-refractivity contribution in [1.82, 2.24) is 4.90 Å². The molecule has 1 unspecified atom stereocenters. The molecular formula is C14H20FNO3. The lowest BCUT2D eigenvalue weighted by atomic mass is 9.97. The molecule has 0 amide bonds. The Morgan fingerprint density at radius 3 is 2.53 bits per heavy atom. The molecule has 0 saturated carbocycles. The van der Waals surface area contributed by atoms with E-state index in [4.69, 9.17) is 4.74 Å². The van der Waals surface area contributed by atoms with Gasteiger partial charge in [0, 0.05) is 11.6 Å². The van der Waals surface area contributed by atoms with E-state index >= 15 is 0 Å². The predicted molar refractivity (Wildman–Crippen MR) is 70.8 cm³/mol. The minimum atomic E-state index is -1.10. The normalized spacial score (nSPS) is 13.4. The van der Waals surface area contributed by atoms with Crippen molar-refractivity contribution in [3.8, 4) is 5.75 Å². The van der Waals surface area contributed by atoms with Crippen LogP contribution in [0.5, 0.6) is 5.75 Å². The van der Waals surface area contributed by atoms with Crippen molar-refractivity contribution < 1.29 is 19.0 Å². The fourth-order valence-electron chi connectivity index (χ4n) is 1.93. The summed E-state index contributed by atoms with van der Waals surface area (Å²) < 4.78 is 19.1. The number of methoxy groups -OCH3 is 1. The Labute approximate surface area is 112 Å². The zero-order valence-corrected chi connectivity index (χ0v) is 11.9. The van der Waals surface area contributed by atoms with E-state index in [2.05, 4.69) is 0 Å². The van der Waals surface area contributed by atoms with Gasteiger partial charge >= 0.3 is 5.97 Å². The van der Waals surface area contributed by atoms with Crippen LogP contribution in [0.25, 0.3) is 0 Å². The number of carboxylic acid groups (broad SMARTS) is 1. The van der Waals surface area contributed by atoms with Crippen molar-refractivity contribution in [3.63, 3.8) is 0 Å². The number of hydrogen-bond donors (Lipinski definition) is 1. The SMILES string of the molecule is COc1cccc(F)c1C(C)N(C)C(C)(C)C(=O)O. The van der Waals surface area contributed by atoms with Gasteiger partial charge in [-0.15, -0.1) is 0 Å². The third-order valence-electron chi connectivity index (χ3n) is 3.64. The van der Waals surface area contributed by atoms with Gasteiger partial charge in [0.15, 0.2) is 0 Å². The van der Waals surface area contributed by atoms with E-state index in [-0.39, 0.29) is 0 Å². The number of carboxylic acids is 1. The minimum Gasteiger partial charge on any atom is -0.496 e. The van der Waals surface area contributed by atoms with E-state index in [0.29, 0.717) is 11.3 Å². The molecule has 1 N–H and O–H groups in total. The second kappa shape index (κ2) is 5.57. The highest BCUT2D eigenvalue weighted by Crippen LogP contribution is 2.34. The zero-order valence-electron chi connectivity index (χ0n) is 11.9. The average molecular weight is 269 g/mol. The predicted octanol–water partition coefficient (Wildman–Crippen LogP) is 2.69. The van der Waals surface area contributed by atoms with Gasteiger partial charge in [-0.2, -0.15) is 0 Å². The molecule has 0 bridgehead atoms. The molecule has 5 heteroatoms. The van der Waals surface area contributed by atoms with Crippen LogP contribution in [0, 0.1) is 5.82 Å². The van der Waals surface area contributed by atoms with Crippen LogP contribution in [0.3, 0.4) is 0 Å². The van der Waals surface area contributed by atoms with Crippen molar-refractivity contribution in [2.24, 2.45) is 0 Å². The van der Waals surface area contributed by atoms with Gasteiger partial charge in [-0.3, -0.25) is 9.69 Å². The Hall–Kier alpha value is -1.62. The molecule has 0 aliphatic rings. The van der Waals surface area contributed by atoms with E-state index < -0.39 is 23.4 Å². The second-order valence-electron chi connectivity index (χ2n) is 5.01. The molecule has 0 aliphatic carbocycles. The van der Waals surface area contributed by atoms with E-state index in [1.165, 1.54) is 13.2 Å². The highest BCUT2D eigenvalue weighted by atomic mass is 19.1. The van der Waals surface area contributed by atoms with Gasteiger partial charge in [0.2, 0.25) is 0 Å². The molecule has 1 atom stereocenters. The summed E-state index contributed by atoms with van der Waals surface area (Å²) in [6.45, 7) is 4.92. The maximum Gasteiger partial charge on any atom is 0.323 e. The summed E-state index contributed by atoms with van der Waals surface area (Å²) in [6.07, 6.45) is 0. The first-order valence-electron chi connectivity index (χ1n) is 6.02. The van der Waals surface area contributed by atoms with Crippen molar-refractivity contribution in [3.05, 3.63) is 29.6 Å². The van der Waals surface area contributed by atoms with E-state index in [9.17, 15) is 14.3 Å². The highest BCUT2D eigenvalue weighted by Gasteiger charge is 2.36. The molecule has 106 valence electrons. The maximum absolute atomic E-state index is 14.0. The lowest BCUT2D eigenvalue weighted by Crippen LogP contribution is -2.49. The molecule has 0 saturated heterocycles. The van der Waals surface area contributed by atoms with Gasteiger partial charge in [-0.25, -0.2) is 4.39 Å². The lowest BCUT2D eigenvalue weighted by molar-refractivity contribution is -0.149. The molecule has 0 heterocycles. The Balaban J connectivity index is 3.20. The zero-order chi connectivity index (χ0) is 14.8. The molecule has 0 radical (unpaired) electrons. The third-order valence-corrected chi connectivity index (χ3v) is 3.64. The number of nitrogens with zero attached hydrogens (tertiary/aromatic N) is 1. The average Bonchev–Trinajstić information content (AvgIpc) is 2.36. The van der Waals surface area contributed by atoms with Gasteiger partial charge in [-0.1, -0.05) is 6.07 Å². The summed E-state index contributed by atoms with van der Waals surface area (Å²) in [5.74, 6) is -0.947. The number of aliphatic carboxylic acids is 1. The van der Waals surface area contributed by atoms with Crippen molar-refractivity contribution in [2.75, 3.05) is 14.2 Å². The first-order chi connectivity index (χ1) is 8.73. The summed E-state index contributed by atoms with van der Waals surface area (Å²) in [5, 5.41) is 9.24. The molecule has 4 nitrogen and oxygen atoms in total. The molecule has 0 fully saturated rings. The van der Waals surface area contributed by atoms with Crippen LogP contribution in [0.2, 0.25) is 0 Å². The molecule has 0 spiro atoms. The third kappa shape index (κ3) is 2.87. The molecule has 1 aromatic carbocycles. The fraction of sp³-hybridized carbons (Fsp3) is 0.500. The van der Waals surface area contributed by atoms with Crippen LogP contribution < -0.4 is 4.74 Å². The molecule has 19 heavy (non-hydrogen) atoms. The van der Waals surface area contributed by atoms with Gasteiger partial charge in [0.1, 0.15) is 17.1 Å². The van der Waals surface area contributed by atoms with Crippen molar-refractivity contribution >= 4 is 5.97 Å². The van der Waals surface area contributed by atoms with Crippen LogP contribution in [0.15, 0.2) is 18.2 Å². The number of benzene rings is 1. The lowest BCUT2D eigenvalue weighted by Gasteiger charge is -2.37. The first-order valence-corrected chi connectivity index (χ1v) is 6.02. The van der Waals surface area contributed by atoms with Gasteiger partial charge in [0.25, 0.3) is 0 Å². The fourth-order valence-corrected chi connectivity index (χ4v) is 1.93. The highest BCUT2D eigenvalue weighted by molar-refractivity contribution is 5.77. The van der Waals surface area contributed by atoms with Gasteiger partial charge in [-0.05, 0) is 40.0 Å². The number of ether oxygens (including phenoxy) is 1. The van der Waals surface area contributed by atoms with Crippen LogP contribution in [0.4, 0.5) is 4.39 Å². The molecular weight excluding hydrogens is 249 g/mol. The standard InChI is InChI=1S/C14H20FNO3/c1-9(16(4)14(2,3)13(17)18)12-10(15)7-6-8-11(12)19-5/h6-9H,1-5H3,(H,17,18). The van der Waals surface area contributed by atoms with Crippen LogP contribution in [-0.2, 0) is 4.79 Å². The van der Waals surface area contributed by atoms with E-state index in [1.807, 2.05) is 0 Å². The molecule has 1 aromatic rings. The van der Waals surface area contributed by atoms with Crippen molar-refractivity contribution in [2.45, 2.75) is 32.4 Å². The topological polar surface area (TPSA) is 49.8 Å². The van der Waals surface area contributed by atoms with Crippen LogP contribution >= 0.6 is 0 Å². The number of likely N-dealkylation sites (N-methyl/N-ethyl adjacent to an activating group) is 1. The summed E-state index contributed by atoms with van der Waals surface area (Å²) in [5.41, 5.74) is -0.742. The Bertz CT molecular complexity index is 474. The minimum absolute atomic E-state index is 0.363. The first kappa shape index (κ1) is 15.4. The Morgan fingerprint density at radius 2 is 2.05 bits per heavy atom. The molecule has 0 aliphatic heterocycles. The summed E-state index contributed by atoms with van der Waals surface area (Å²) in [6, 6.07) is 4.14. The Kier molecular flexibility index (Phi) is 4.52. The summed E-state index contributed by atoms with van der Waals surface area (Å²) in [4.78, 5) is 12.9. The Morgan fingerprint density at radius 1 is 1.47 bits per heavy atom. The molecule has 1 rings (SSSR count). The van der Waals surface area contributed by atoms with E-state index in [0.717, 1.165) is 0 Å². The smallest absolute Gasteiger partial charge is 0.323 e. The number of carbonyl (C=O) groups is 1. The van der Waals surface area contributed by atoms with Crippen molar-refractivity contribution in [1.29, 1.82) is 0 Å². The van der Waals surface area contributed by atoms with E-state index in [1.54, 1.807) is 44.9 Å². The maximum atomic E-state index is 14.0. The number of hydrogen-bond acceptors (Lipinski definition) is 3. The molecule has 0 aromatic heterocycles. The second-order valence-corrected chi connectivity index (χ2v) is 5.01.